The Kier molecular flexibility index (Phi) is 11.9. The number of aliphatic hydroxyl groups is 1. The lowest BCUT2D eigenvalue weighted by atomic mass is 10.0. The van der Waals surface area contributed by atoms with Gasteiger partial charge in [0.05, 0.1) is 23.7 Å². The van der Waals surface area contributed by atoms with Crippen molar-refractivity contribution in [2.24, 2.45) is 5.92 Å². The van der Waals surface area contributed by atoms with Crippen molar-refractivity contribution in [2.75, 3.05) is 18.1 Å². The summed E-state index contributed by atoms with van der Waals surface area (Å²) in [5.74, 6) is -2.11. The highest BCUT2D eigenvalue weighted by molar-refractivity contribution is 7.91. The molecule has 9 heteroatoms. The second-order valence-corrected chi connectivity index (χ2v) is 11.9. The number of nitrogens with one attached hydrogen (secondary N) is 2. The zero-order valence-corrected chi connectivity index (χ0v) is 22.1. The van der Waals surface area contributed by atoms with Crippen LogP contribution in [0.4, 0.5) is 8.78 Å². The monoisotopic (exact) mass is 524 g/mol. The summed E-state index contributed by atoms with van der Waals surface area (Å²) in [6.45, 7) is 6.53. The van der Waals surface area contributed by atoms with E-state index < -0.39 is 39.5 Å². The van der Waals surface area contributed by atoms with Crippen LogP contribution in [-0.2, 0) is 34.0 Å². The molecule has 2 rings (SSSR count). The van der Waals surface area contributed by atoms with Gasteiger partial charge in [0, 0.05) is 25.6 Å². The number of carbonyl (C=O) groups excluding carboxylic acids is 1. The molecular formula is C27H38F2N2O4S. The Balaban J connectivity index is 2.03. The predicted molar refractivity (Wildman–Crippen MR) is 138 cm³/mol. The van der Waals surface area contributed by atoms with Crippen LogP contribution in [0, 0.1) is 17.6 Å². The normalized spacial score (nSPS) is 13.5. The Labute approximate surface area is 213 Å². The van der Waals surface area contributed by atoms with Gasteiger partial charge in [0.25, 0.3) is 0 Å². The number of rotatable bonds is 15. The average Bonchev–Trinajstić information content (AvgIpc) is 2.80. The number of aliphatic hydroxyl groups excluding tert-OH is 1. The predicted octanol–water partition coefficient (Wildman–Crippen LogP) is 3.56. The highest BCUT2D eigenvalue weighted by atomic mass is 32.2. The number of carbonyl (C=O) groups is 1. The van der Waals surface area contributed by atoms with Crippen LogP contribution >= 0.6 is 0 Å². The van der Waals surface area contributed by atoms with Crippen molar-refractivity contribution < 1.29 is 27.1 Å². The van der Waals surface area contributed by atoms with E-state index in [1.807, 2.05) is 32.0 Å². The molecular weight excluding hydrogens is 486 g/mol. The van der Waals surface area contributed by atoms with Crippen molar-refractivity contribution in [3.8, 4) is 0 Å². The molecule has 2 aromatic rings. The number of amides is 1. The molecule has 0 heterocycles. The van der Waals surface area contributed by atoms with Gasteiger partial charge in [0.2, 0.25) is 5.91 Å². The first-order valence-electron chi connectivity index (χ1n) is 12.4. The highest BCUT2D eigenvalue weighted by Crippen LogP contribution is 2.13. The fourth-order valence-corrected chi connectivity index (χ4v) is 5.31. The first-order valence-corrected chi connectivity index (χ1v) is 14.2. The van der Waals surface area contributed by atoms with Crippen LogP contribution in [-0.4, -0.2) is 49.6 Å². The summed E-state index contributed by atoms with van der Waals surface area (Å²) < 4.78 is 51.9. The zero-order chi connectivity index (χ0) is 26.7. The van der Waals surface area contributed by atoms with E-state index in [1.54, 1.807) is 0 Å². The molecule has 36 heavy (non-hydrogen) atoms. The Hall–Kier alpha value is -2.36. The summed E-state index contributed by atoms with van der Waals surface area (Å²) >= 11 is 0. The maximum Gasteiger partial charge on any atom is 0.221 e. The molecule has 0 radical (unpaired) electrons. The van der Waals surface area contributed by atoms with Crippen LogP contribution in [0.2, 0.25) is 0 Å². The van der Waals surface area contributed by atoms with E-state index in [0.717, 1.165) is 30.2 Å². The fraction of sp³-hybridized carbons (Fsp3) is 0.519. The second kappa shape index (κ2) is 14.4. The topological polar surface area (TPSA) is 95.5 Å². The number of sulfone groups is 1. The number of hydrogen-bond acceptors (Lipinski definition) is 5. The van der Waals surface area contributed by atoms with Crippen LogP contribution in [0.3, 0.4) is 0 Å². The average molecular weight is 525 g/mol. The minimum absolute atomic E-state index is 0.00964. The SMILES string of the molecule is CCc1cccc(CNC[C@@H](O)[C@H](Cc2cc(F)cc(F)c2)NC(=O)CCS(=O)(=O)CCC(C)C)c1. The van der Waals surface area contributed by atoms with Crippen molar-refractivity contribution in [3.63, 3.8) is 0 Å². The summed E-state index contributed by atoms with van der Waals surface area (Å²) in [4.78, 5) is 12.6. The molecule has 0 saturated carbocycles. The van der Waals surface area contributed by atoms with Gasteiger partial charge in [-0.2, -0.15) is 0 Å². The molecule has 0 saturated heterocycles. The Morgan fingerprint density at radius 3 is 2.31 bits per heavy atom. The molecule has 3 N–H and O–H groups in total. The van der Waals surface area contributed by atoms with Gasteiger partial charge in [0.15, 0.2) is 9.84 Å². The minimum atomic E-state index is -3.38. The van der Waals surface area contributed by atoms with Gasteiger partial charge in [-0.15, -0.1) is 0 Å². The third kappa shape index (κ3) is 11.1. The molecule has 200 valence electrons. The van der Waals surface area contributed by atoms with E-state index in [0.29, 0.717) is 13.0 Å². The van der Waals surface area contributed by atoms with Crippen LogP contribution in [0.15, 0.2) is 42.5 Å². The fourth-order valence-electron chi connectivity index (χ4n) is 3.78. The second-order valence-electron chi connectivity index (χ2n) is 9.61. The van der Waals surface area contributed by atoms with E-state index in [9.17, 15) is 27.1 Å². The third-order valence-electron chi connectivity index (χ3n) is 5.92. The molecule has 2 aromatic carbocycles. The summed E-state index contributed by atoms with van der Waals surface area (Å²) in [7, 11) is -3.38. The van der Waals surface area contributed by atoms with Crippen molar-refractivity contribution in [1.29, 1.82) is 0 Å². The summed E-state index contributed by atoms with van der Waals surface area (Å²) in [6, 6.07) is 10.2. The Morgan fingerprint density at radius 1 is 1.00 bits per heavy atom. The molecule has 0 unspecified atom stereocenters. The molecule has 1 amide bonds. The molecule has 0 aromatic heterocycles. The third-order valence-corrected chi connectivity index (χ3v) is 7.60. The standard InChI is InChI=1S/C27H38F2N2O4S/c1-4-20-6-5-7-21(12-20)17-30-18-26(32)25(15-22-13-23(28)16-24(29)14-22)31-27(33)9-11-36(34,35)10-8-19(2)3/h5-7,12-14,16,19,25-26,30,32H,4,8-11,15,17-18H2,1-3H3,(H,31,33)/t25-,26+/m0/s1. The van der Waals surface area contributed by atoms with Gasteiger partial charge >= 0.3 is 0 Å². The summed E-state index contributed by atoms with van der Waals surface area (Å²) in [5.41, 5.74) is 2.51. The molecule has 0 spiro atoms. The van der Waals surface area contributed by atoms with Gasteiger partial charge in [-0.1, -0.05) is 45.0 Å². The van der Waals surface area contributed by atoms with Crippen LogP contribution in [0.25, 0.3) is 0 Å². The van der Waals surface area contributed by atoms with E-state index >= 15 is 0 Å². The van der Waals surface area contributed by atoms with Gasteiger partial charge in [-0.3, -0.25) is 4.79 Å². The molecule has 6 nitrogen and oxygen atoms in total. The lowest BCUT2D eigenvalue weighted by Crippen LogP contribution is -2.49. The zero-order valence-electron chi connectivity index (χ0n) is 21.3. The lowest BCUT2D eigenvalue weighted by Gasteiger charge is -2.25. The summed E-state index contributed by atoms with van der Waals surface area (Å²) in [5, 5.41) is 16.7. The molecule has 0 bridgehead atoms. The van der Waals surface area contributed by atoms with Crippen molar-refractivity contribution in [1.82, 2.24) is 10.6 Å². The lowest BCUT2D eigenvalue weighted by molar-refractivity contribution is -0.122. The molecule has 2 atom stereocenters. The van der Waals surface area contributed by atoms with E-state index in [2.05, 4.69) is 23.6 Å². The first kappa shape index (κ1) is 29.9. The number of hydrogen-bond donors (Lipinski definition) is 3. The van der Waals surface area contributed by atoms with Crippen LogP contribution < -0.4 is 10.6 Å². The van der Waals surface area contributed by atoms with Gasteiger partial charge in [-0.25, -0.2) is 17.2 Å². The first-order chi connectivity index (χ1) is 17.0. The van der Waals surface area contributed by atoms with Crippen LogP contribution in [0.1, 0.15) is 50.3 Å². The quantitative estimate of drug-likeness (QED) is 0.331. The highest BCUT2D eigenvalue weighted by Gasteiger charge is 2.23. The smallest absolute Gasteiger partial charge is 0.221 e. The minimum Gasteiger partial charge on any atom is -0.390 e. The maximum atomic E-state index is 13.7. The van der Waals surface area contributed by atoms with Gasteiger partial charge < -0.3 is 15.7 Å². The Bertz CT molecular complexity index is 1070. The Morgan fingerprint density at radius 2 is 1.67 bits per heavy atom. The molecule has 0 aliphatic heterocycles. The van der Waals surface area contributed by atoms with Crippen molar-refractivity contribution in [2.45, 2.75) is 65.1 Å². The largest absolute Gasteiger partial charge is 0.390 e. The van der Waals surface area contributed by atoms with Crippen molar-refractivity contribution >= 4 is 15.7 Å². The number of aryl methyl sites for hydroxylation is 1. The van der Waals surface area contributed by atoms with Crippen LogP contribution in [0.5, 0.6) is 0 Å². The van der Waals surface area contributed by atoms with E-state index in [-0.39, 0.29) is 42.4 Å². The van der Waals surface area contributed by atoms with Gasteiger partial charge in [0.1, 0.15) is 11.6 Å². The molecule has 0 aliphatic rings. The number of benzene rings is 2. The summed E-state index contributed by atoms with van der Waals surface area (Å²) in [6.07, 6.45) is 0.0744. The molecule has 0 fully saturated rings. The van der Waals surface area contributed by atoms with E-state index in [1.165, 1.54) is 5.56 Å². The van der Waals surface area contributed by atoms with E-state index in [4.69, 9.17) is 0 Å². The van der Waals surface area contributed by atoms with Crippen molar-refractivity contribution in [3.05, 3.63) is 70.8 Å². The maximum absolute atomic E-state index is 13.7. The molecule has 0 aliphatic carbocycles. The van der Waals surface area contributed by atoms with Gasteiger partial charge in [-0.05, 0) is 54.0 Å². The number of halogens is 2.